The Bertz CT molecular complexity index is 479. The molecule has 0 saturated heterocycles. The van der Waals surface area contributed by atoms with Gasteiger partial charge in [0.2, 0.25) is 0 Å². The van der Waals surface area contributed by atoms with Gasteiger partial charge in [-0.3, -0.25) is 0 Å². The van der Waals surface area contributed by atoms with Crippen LogP contribution in [0.1, 0.15) is 11.1 Å². The van der Waals surface area contributed by atoms with Crippen LogP contribution in [-0.4, -0.2) is 12.2 Å². The number of hydrogen-bond acceptors (Lipinski definition) is 3. The molecule has 0 saturated carbocycles. The normalized spacial score (nSPS) is 10.4. The smallest absolute Gasteiger partial charge is 0.312 e. The molecule has 90 valence electrons. The summed E-state index contributed by atoms with van der Waals surface area (Å²) in [7, 11) is 0. The summed E-state index contributed by atoms with van der Waals surface area (Å²) >= 11 is 16.1. The van der Waals surface area contributed by atoms with Crippen LogP contribution in [0.15, 0.2) is 38.9 Å². The maximum atomic E-state index is 11.2. The van der Waals surface area contributed by atoms with Gasteiger partial charge in [-0.05, 0) is 18.1 Å². The van der Waals surface area contributed by atoms with E-state index in [0.717, 1.165) is 11.1 Å². The molecule has 1 rings (SSSR count). The van der Waals surface area contributed by atoms with E-state index in [9.17, 15) is 4.79 Å². The molecule has 0 aliphatic rings. The quantitative estimate of drug-likeness (QED) is 0.368. The average Bonchev–Trinajstić information content (AvgIpc) is 2.30. The molecule has 0 amide bonds. The van der Waals surface area contributed by atoms with E-state index in [-0.39, 0.29) is 4.49 Å². The van der Waals surface area contributed by atoms with Crippen LogP contribution in [0.3, 0.4) is 0 Å². The van der Waals surface area contributed by atoms with Crippen LogP contribution < -0.4 is 0 Å². The second-order valence-electron chi connectivity index (χ2n) is 3.04. The van der Waals surface area contributed by atoms with Crippen LogP contribution >= 0.6 is 34.8 Å². The third-order valence-electron chi connectivity index (χ3n) is 1.86. The number of rotatable bonds is 3. The molecule has 0 bridgehead atoms. The summed E-state index contributed by atoms with van der Waals surface area (Å²) in [6, 6.07) is 7.48. The molecule has 3 nitrogen and oxygen atoms in total. The summed E-state index contributed by atoms with van der Waals surface area (Å²) in [6.45, 7) is 1.91. The summed E-state index contributed by atoms with van der Waals surface area (Å²) < 4.78 is -0.359. The topological polar surface area (TPSA) is 38.7 Å². The van der Waals surface area contributed by atoms with Crippen LogP contribution in [-0.2, 0) is 9.63 Å². The molecule has 0 radical (unpaired) electrons. The van der Waals surface area contributed by atoms with Crippen molar-refractivity contribution < 1.29 is 9.63 Å². The molecular weight excluding hydrogens is 284 g/mol. The Kier molecular flexibility index (Phi) is 5.48. The molecule has 0 atom stereocenters. The molecule has 1 aromatic carbocycles. The van der Waals surface area contributed by atoms with Gasteiger partial charge in [0.15, 0.2) is 5.03 Å². The van der Waals surface area contributed by atoms with Crippen molar-refractivity contribution in [1.82, 2.24) is 0 Å². The largest absolute Gasteiger partial charge is 0.379 e. The number of aryl methyl sites for hydroxylation is 1. The fourth-order valence-corrected chi connectivity index (χ4v) is 1.17. The molecule has 0 aliphatic heterocycles. The Balaban J connectivity index is 2.67. The first-order valence-corrected chi connectivity index (χ1v) is 5.67. The third-order valence-corrected chi connectivity index (χ3v) is 2.78. The molecule has 0 spiro atoms. The summed E-state index contributed by atoms with van der Waals surface area (Å²) in [5, 5.41) is 3.09. The first-order chi connectivity index (χ1) is 8.02. The predicted octanol–water partition coefficient (Wildman–Crippen LogP) is 3.76. The van der Waals surface area contributed by atoms with Crippen LogP contribution in [0, 0.1) is 6.92 Å². The lowest BCUT2D eigenvalue weighted by Crippen LogP contribution is -2.00. The van der Waals surface area contributed by atoms with Crippen LogP contribution in [0.5, 0.6) is 0 Å². The second-order valence-corrected chi connectivity index (χ2v) is 4.37. The third kappa shape index (κ3) is 4.38. The fourth-order valence-electron chi connectivity index (χ4n) is 0.980. The van der Waals surface area contributed by atoms with Crippen molar-refractivity contribution in [3.8, 4) is 0 Å². The highest BCUT2D eigenvalue weighted by atomic mass is 35.5. The maximum absolute atomic E-state index is 11.2. The second kappa shape index (κ2) is 6.64. The van der Waals surface area contributed by atoms with Gasteiger partial charge in [-0.2, -0.15) is 0 Å². The van der Waals surface area contributed by atoms with E-state index >= 15 is 0 Å². The lowest BCUT2D eigenvalue weighted by Gasteiger charge is -1.98. The fraction of sp³-hybridized carbons (Fsp3) is 0.0909. The van der Waals surface area contributed by atoms with Crippen molar-refractivity contribution in [3.05, 3.63) is 44.9 Å². The van der Waals surface area contributed by atoms with Gasteiger partial charge in [-0.25, -0.2) is 4.79 Å². The average molecular weight is 293 g/mol. The zero-order valence-electron chi connectivity index (χ0n) is 8.78. The maximum Gasteiger partial charge on any atom is 0.379 e. The highest BCUT2D eigenvalue weighted by Crippen LogP contribution is 2.18. The lowest BCUT2D eigenvalue weighted by atomic mass is 10.1. The summed E-state index contributed by atoms with van der Waals surface area (Å²) in [5.74, 6) is -0.906. The first kappa shape index (κ1) is 14.0. The number of benzene rings is 1. The van der Waals surface area contributed by atoms with Gasteiger partial charge in [0.1, 0.15) is 4.49 Å². The van der Waals surface area contributed by atoms with Crippen molar-refractivity contribution in [2.75, 3.05) is 0 Å². The molecule has 6 heteroatoms. The Hall–Kier alpha value is -1.03. The predicted molar refractivity (Wildman–Crippen MR) is 69.5 cm³/mol. The van der Waals surface area contributed by atoms with E-state index in [2.05, 4.69) is 9.99 Å². The highest BCUT2D eigenvalue weighted by molar-refractivity contribution is 6.62. The van der Waals surface area contributed by atoms with Crippen LogP contribution in [0.4, 0.5) is 0 Å². The van der Waals surface area contributed by atoms with Gasteiger partial charge in [0.25, 0.3) is 0 Å². The van der Waals surface area contributed by atoms with Crippen LogP contribution in [0.25, 0.3) is 0 Å². The Labute approximate surface area is 114 Å². The van der Waals surface area contributed by atoms with Crippen molar-refractivity contribution in [2.45, 2.75) is 6.92 Å². The molecule has 0 heterocycles. The molecule has 1 aromatic rings. The van der Waals surface area contributed by atoms with E-state index in [1.165, 1.54) is 6.21 Å². The van der Waals surface area contributed by atoms with E-state index in [1.54, 1.807) is 0 Å². The molecule has 17 heavy (non-hydrogen) atoms. The SMILES string of the molecule is Cc1ccccc1C=NOC(=O)C(Cl)=C(Cl)Cl. The minimum atomic E-state index is -0.906. The van der Waals surface area contributed by atoms with E-state index in [1.807, 2.05) is 31.2 Å². The Morgan fingerprint density at radius 2 is 1.94 bits per heavy atom. The standard InChI is InChI=1S/C11H8Cl3NO2/c1-7-4-2-3-5-8(7)6-15-17-11(16)9(12)10(13)14/h2-6H,1H3. The lowest BCUT2D eigenvalue weighted by molar-refractivity contribution is -0.138. The molecule has 0 unspecified atom stereocenters. The van der Waals surface area contributed by atoms with Crippen molar-refractivity contribution in [1.29, 1.82) is 0 Å². The van der Waals surface area contributed by atoms with Crippen molar-refractivity contribution in [2.24, 2.45) is 5.16 Å². The van der Waals surface area contributed by atoms with Crippen molar-refractivity contribution >= 4 is 47.0 Å². The number of oxime groups is 1. The van der Waals surface area contributed by atoms with Gasteiger partial charge in [0, 0.05) is 0 Å². The zero-order valence-corrected chi connectivity index (χ0v) is 11.1. The molecule has 0 N–H and O–H groups in total. The number of carbonyl (C=O) groups excluding carboxylic acids is 1. The molecule has 0 fully saturated rings. The number of carbonyl (C=O) groups is 1. The van der Waals surface area contributed by atoms with Gasteiger partial charge >= 0.3 is 5.97 Å². The first-order valence-electron chi connectivity index (χ1n) is 4.53. The van der Waals surface area contributed by atoms with Crippen LogP contribution in [0.2, 0.25) is 0 Å². The van der Waals surface area contributed by atoms with Crippen molar-refractivity contribution in [3.63, 3.8) is 0 Å². The summed E-state index contributed by atoms with van der Waals surface area (Å²) in [5.41, 5.74) is 1.83. The van der Waals surface area contributed by atoms with Gasteiger partial charge < -0.3 is 4.84 Å². The molecule has 0 aliphatic carbocycles. The van der Waals surface area contributed by atoms with E-state index in [0.29, 0.717) is 0 Å². The minimum absolute atomic E-state index is 0.359. The summed E-state index contributed by atoms with van der Waals surface area (Å²) in [4.78, 5) is 15.7. The van der Waals surface area contributed by atoms with E-state index < -0.39 is 11.0 Å². The van der Waals surface area contributed by atoms with Gasteiger partial charge in [-0.15, -0.1) is 0 Å². The minimum Gasteiger partial charge on any atom is -0.312 e. The molecule has 0 aromatic heterocycles. The Morgan fingerprint density at radius 3 is 2.53 bits per heavy atom. The summed E-state index contributed by atoms with van der Waals surface area (Å²) in [6.07, 6.45) is 1.40. The monoisotopic (exact) mass is 291 g/mol. The number of halogens is 3. The highest BCUT2D eigenvalue weighted by Gasteiger charge is 2.12. The van der Waals surface area contributed by atoms with Gasteiger partial charge in [-0.1, -0.05) is 64.2 Å². The zero-order chi connectivity index (χ0) is 12.8. The Morgan fingerprint density at radius 1 is 1.29 bits per heavy atom. The number of hydrogen-bond donors (Lipinski definition) is 0. The van der Waals surface area contributed by atoms with E-state index in [4.69, 9.17) is 34.8 Å². The molecular formula is C11H8Cl3NO2. The van der Waals surface area contributed by atoms with Gasteiger partial charge in [0.05, 0.1) is 6.21 Å². The number of nitrogens with zero attached hydrogens (tertiary/aromatic N) is 1.